The van der Waals surface area contributed by atoms with Gasteiger partial charge in [0.05, 0.1) is 0 Å². The minimum absolute atomic E-state index is 0.00219. The van der Waals surface area contributed by atoms with Crippen LogP contribution in [0.15, 0.2) is 239 Å². The van der Waals surface area contributed by atoms with E-state index in [0.29, 0.717) is 0 Å². The molecule has 13 aromatic rings. The smallest absolute Gasteiger partial charge is 0.143 e. The first-order valence-electron chi connectivity index (χ1n) is 27.8. The maximum atomic E-state index is 7.00. The molecule has 0 amide bonds. The molecule has 0 saturated heterocycles. The minimum atomic E-state index is -0.359. The Bertz CT molecular complexity index is 4350. The van der Waals surface area contributed by atoms with Crippen molar-refractivity contribution in [3.05, 3.63) is 258 Å². The fourth-order valence-corrected chi connectivity index (χ4v) is 13.6. The molecule has 0 aliphatic heterocycles. The number of hydrogen-bond donors (Lipinski definition) is 0. The summed E-state index contributed by atoms with van der Waals surface area (Å²) in [5.74, 6) is 0. The molecule has 11 aromatic carbocycles. The Hall–Kier alpha value is -9.18. The molecule has 0 unspecified atom stereocenters. The van der Waals surface area contributed by atoms with E-state index in [1.807, 2.05) is 0 Å². The van der Waals surface area contributed by atoms with Crippen LogP contribution < -0.4 is 4.90 Å². The van der Waals surface area contributed by atoms with Gasteiger partial charge in [-0.15, -0.1) is 0 Å². The fraction of sp³-hybridized carbons (Fsp3) is 0.132. The van der Waals surface area contributed by atoms with Crippen molar-refractivity contribution in [1.82, 2.24) is 0 Å². The molecular weight excluding hydrogens is 959 g/mol. The molecule has 2 heterocycles. The van der Waals surface area contributed by atoms with Crippen molar-refractivity contribution in [3.63, 3.8) is 0 Å². The third-order valence-corrected chi connectivity index (χ3v) is 17.6. The Balaban J connectivity index is 0.921. The second-order valence-electron chi connectivity index (χ2n) is 24.0. The van der Waals surface area contributed by atoms with Gasteiger partial charge in [-0.05, 0) is 150 Å². The van der Waals surface area contributed by atoms with Gasteiger partial charge in [0.2, 0.25) is 0 Å². The molecule has 0 bridgehead atoms. The van der Waals surface area contributed by atoms with Crippen molar-refractivity contribution < 1.29 is 8.83 Å². The number of anilines is 3. The van der Waals surface area contributed by atoms with E-state index in [2.05, 4.69) is 284 Å². The Morgan fingerprint density at radius 3 is 1.14 bits per heavy atom. The number of nitrogens with zero attached hydrogens (tertiary/aromatic N) is 1. The molecule has 0 saturated carbocycles. The molecule has 0 spiro atoms. The highest BCUT2D eigenvalue weighted by Crippen LogP contribution is 2.59. The highest BCUT2D eigenvalue weighted by Gasteiger charge is 2.42. The molecule has 0 radical (unpaired) electrons. The third-order valence-electron chi connectivity index (χ3n) is 17.6. The van der Waals surface area contributed by atoms with Crippen LogP contribution in [0.25, 0.3) is 111 Å². The van der Waals surface area contributed by atoms with Gasteiger partial charge in [0.15, 0.2) is 0 Å². The van der Waals surface area contributed by atoms with E-state index in [1.165, 1.54) is 83.1 Å². The van der Waals surface area contributed by atoms with E-state index in [0.717, 1.165) is 72.4 Å². The number of fused-ring (bicyclic) bond motifs is 14. The Morgan fingerprint density at radius 2 is 0.709 bits per heavy atom. The van der Waals surface area contributed by atoms with Crippen molar-refractivity contribution in [2.75, 3.05) is 4.90 Å². The predicted molar refractivity (Wildman–Crippen MR) is 331 cm³/mol. The minimum Gasteiger partial charge on any atom is -0.455 e. The molecule has 3 nitrogen and oxygen atoms in total. The average Bonchev–Trinajstić information content (AvgIpc) is 3.92. The van der Waals surface area contributed by atoms with Crippen molar-refractivity contribution in [2.45, 2.75) is 64.7 Å². The SMILES string of the molecule is CC(C)(C)c1ccc(N(c2ccc3c(c2)C(C)(C)c2cc(-c4ccccc4-c4ccccc4)c4oc5ccccc5c4c2-3)c2ccc3c(c2)C(C)(C)c2cc(-c4ccccc4-c4ccccc4)c4oc5ccccc5c4c2-3)cc1. The van der Waals surface area contributed by atoms with Crippen LogP contribution in [0, 0.1) is 0 Å². The zero-order valence-corrected chi connectivity index (χ0v) is 45.7. The molecular formula is C76H59NO2. The van der Waals surface area contributed by atoms with Crippen LogP contribution in [0.3, 0.4) is 0 Å². The van der Waals surface area contributed by atoms with Crippen molar-refractivity contribution in [1.29, 1.82) is 0 Å². The standard InChI is InChI=1S/C76H59NO2/c1-74(2,3)48-34-36-49(37-35-48)77(50-38-40-56-62(42-50)75(4,5)64-44-60(54-28-16-14-26-52(54)46-22-10-8-11-23-46)72-70(68(56)64)58-30-18-20-32-66(58)78-72)51-39-41-57-63(43-51)76(6,7)65-45-61(55-29-17-15-27-53(55)47-24-12-9-13-25-47)73-71(69(57)65)59-31-19-21-33-67(59)79-73/h8-45H,1-7H3. The summed E-state index contributed by atoms with van der Waals surface area (Å²) in [6.07, 6.45) is 0. The zero-order chi connectivity index (χ0) is 53.5. The summed E-state index contributed by atoms with van der Waals surface area (Å²) in [6.45, 7) is 16.5. The third kappa shape index (κ3) is 7.05. The largest absolute Gasteiger partial charge is 0.455 e. The summed E-state index contributed by atoms with van der Waals surface area (Å²) >= 11 is 0. The molecule has 79 heavy (non-hydrogen) atoms. The average molecular weight is 1020 g/mol. The van der Waals surface area contributed by atoms with Gasteiger partial charge in [0.1, 0.15) is 22.3 Å². The predicted octanol–water partition coefficient (Wildman–Crippen LogP) is 21.5. The van der Waals surface area contributed by atoms with E-state index in [1.54, 1.807) is 0 Å². The number of rotatable bonds is 7. The second kappa shape index (κ2) is 17.2. The number of hydrogen-bond acceptors (Lipinski definition) is 3. The van der Waals surface area contributed by atoms with Gasteiger partial charge in [0.25, 0.3) is 0 Å². The van der Waals surface area contributed by atoms with E-state index >= 15 is 0 Å². The lowest BCUT2D eigenvalue weighted by molar-refractivity contribution is 0.590. The summed E-state index contributed by atoms with van der Waals surface area (Å²) < 4.78 is 14.0. The van der Waals surface area contributed by atoms with Gasteiger partial charge in [0, 0.05) is 60.6 Å². The fourth-order valence-electron chi connectivity index (χ4n) is 13.6. The highest BCUT2D eigenvalue weighted by atomic mass is 16.3. The Labute approximate surface area is 462 Å². The molecule has 0 fully saturated rings. The molecule has 0 N–H and O–H groups in total. The van der Waals surface area contributed by atoms with Crippen LogP contribution in [-0.4, -0.2) is 0 Å². The van der Waals surface area contributed by atoms with Gasteiger partial charge in [-0.2, -0.15) is 0 Å². The van der Waals surface area contributed by atoms with Crippen LogP contribution in [0.1, 0.15) is 76.3 Å². The summed E-state index contributed by atoms with van der Waals surface area (Å²) in [6, 6.07) is 84.7. The Morgan fingerprint density at radius 1 is 0.329 bits per heavy atom. The van der Waals surface area contributed by atoms with Gasteiger partial charge in [-0.3, -0.25) is 0 Å². The zero-order valence-electron chi connectivity index (χ0n) is 45.7. The van der Waals surface area contributed by atoms with Gasteiger partial charge < -0.3 is 13.7 Å². The number of para-hydroxylation sites is 2. The lowest BCUT2D eigenvalue weighted by Crippen LogP contribution is -2.18. The van der Waals surface area contributed by atoms with Gasteiger partial charge in [-0.25, -0.2) is 0 Å². The lowest BCUT2D eigenvalue weighted by atomic mass is 9.80. The van der Waals surface area contributed by atoms with E-state index in [9.17, 15) is 0 Å². The van der Waals surface area contributed by atoms with Crippen LogP contribution in [0.4, 0.5) is 17.1 Å². The van der Waals surface area contributed by atoms with Crippen molar-refractivity contribution in [2.24, 2.45) is 0 Å². The van der Waals surface area contributed by atoms with Crippen LogP contribution >= 0.6 is 0 Å². The van der Waals surface area contributed by atoms with E-state index in [4.69, 9.17) is 8.83 Å². The summed E-state index contributed by atoms with van der Waals surface area (Å²) in [7, 11) is 0. The van der Waals surface area contributed by atoms with Crippen molar-refractivity contribution in [3.8, 4) is 66.8 Å². The highest BCUT2D eigenvalue weighted by molar-refractivity contribution is 6.21. The van der Waals surface area contributed by atoms with E-state index < -0.39 is 0 Å². The topological polar surface area (TPSA) is 29.5 Å². The first kappa shape index (κ1) is 47.1. The summed E-state index contributed by atoms with van der Waals surface area (Å²) in [5.41, 5.74) is 27.1. The molecule has 2 aromatic heterocycles. The summed E-state index contributed by atoms with van der Waals surface area (Å²) in [4.78, 5) is 2.49. The quantitative estimate of drug-likeness (QED) is 0.159. The lowest BCUT2D eigenvalue weighted by Gasteiger charge is -2.30. The van der Waals surface area contributed by atoms with E-state index in [-0.39, 0.29) is 16.2 Å². The second-order valence-corrected chi connectivity index (χ2v) is 24.0. The maximum absolute atomic E-state index is 7.00. The van der Waals surface area contributed by atoms with Crippen molar-refractivity contribution >= 4 is 60.9 Å². The molecule has 0 atom stereocenters. The molecule has 380 valence electrons. The maximum Gasteiger partial charge on any atom is 0.143 e. The van der Waals surface area contributed by atoms with Gasteiger partial charge >= 0.3 is 0 Å². The molecule has 3 heteroatoms. The molecule has 2 aliphatic carbocycles. The van der Waals surface area contributed by atoms with Crippen LogP contribution in [-0.2, 0) is 16.2 Å². The summed E-state index contributed by atoms with van der Waals surface area (Å²) in [5, 5.41) is 4.62. The Kier molecular flexibility index (Phi) is 10.2. The first-order chi connectivity index (χ1) is 38.3. The molecule has 2 aliphatic rings. The first-order valence-corrected chi connectivity index (χ1v) is 27.8. The molecule has 15 rings (SSSR count). The number of furan rings is 2. The van der Waals surface area contributed by atoms with Crippen LogP contribution in [0.5, 0.6) is 0 Å². The monoisotopic (exact) mass is 1020 g/mol. The van der Waals surface area contributed by atoms with Gasteiger partial charge in [-0.1, -0.05) is 218 Å². The van der Waals surface area contributed by atoms with Crippen LogP contribution in [0.2, 0.25) is 0 Å². The number of benzene rings is 11. The normalized spacial score (nSPS) is 14.0.